The third-order valence-electron chi connectivity index (χ3n) is 3.43. The second kappa shape index (κ2) is 6.47. The third-order valence-corrected chi connectivity index (χ3v) is 3.43. The molecule has 1 saturated heterocycles. The van der Waals surface area contributed by atoms with Crippen molar-refractivity contribution >= 4 is 17.3 Å². The van der Waals surface area contributed by atoms with Crippen LogP contribution >= 0.6 is 0 Å². The molecule has 1 aliphatic rings. The third kappa shape index (κ3) is 2.96. The van der Waals surface area contributed by atoms with E-state index in [-0.39, 0.29) is 11.5 Å². The molecule has 1 aromatic rings. The summed E-state index contributed by atoms with van der Waals surface area (Å²) in [5.74, 6) is 0.668. The SMILES string of the molecule is CCCN1CCN(c2ncnc(NC)c2[N+](=O)[O-])CC1. The zero-order valence-corrected chi connectivity index (χ0v) is 11.9. The molecule has 0 saturated carbocycles. The Hall–Kier alpha value is -1.96. The van der Waals surface area contributed by atoms with Crippen molar-refractivity contribution < 1.29 is 4.92 Å². The lowest BCUT2D eigenvalue weighted by Gasteiger charge is -2.34. The van der Waals surface area contributed by atoms with Crippen LogP contribution in [0.25, 0.3) is 0 Å². The van der Waals surface area contributed by atoms with E-state index in [0.29, 0.717) is 5.82 Å². The normalized spacial score (nSPS) is 16.2. The van der Waals surface area contributed by atoms with E-state index >= 15 is 0 Å². The molecule has 1 aliphatic heterocycles. The van der Waals surface area contributed by atoms with Gasteiger partial charge in [-0.2, -0.15) is 0 Å². The number of piperazine rings is 1. The second-order valence-electron chi connectivity index (χ2n) is 4.73. The van der Waals surface area contributed by atoms with Crippen LogP contribution in [-0.2, 0) is 0 Å². The average Bonchev–Trinajstić information content (AvgIpc) is 2.47. The molecule has 110 valence electrons. The standard InChI is InChI=1S/C12H20N6O2/c1-3-4-16-5-7-17(8-6-16)12-10(18(19)20)11(13-2)14-9-15-12/h9H,3-8H2,1-2H3,(H,13,14,15). The Bertz CT molecular complexity index is 473. The maximum absolute atomic E-state index is 11.3. The molecular weight excluding hydrogens is 260 g/mol. The van der Waals surface area contributed by atoms with Gasteiger partial charge in [-0.15, -0.1) is 0 Å². The first-order valence-corrected chi connectivity index (χ1v) is 6.81. The Morgan fingerprint density at radius 1 is 1.35 bits per heavy atom. The summed E-state index contributed by atoms with van der Waals surface area (Å²) in [7, 11) is 1.62. The molecule has 0 atom stereocenters. The van der Waals surface area contributed by atoms with Gasteiger partial charge in [-0.1, -0.05) is 6.92 Å². The fourth-order valence-corrected chi connectivity index (χ4v) is 2.45. The lowest BCUT2D eigenvalue weighted by Crippen LogP contribution is -2.47. The van der Waals surface area contributed by atoms with Crippen molar-refractivity contribution in [1.82, 2.24) is 14.9 Å². The Labute approximate surface area is 118 Å². The Balaban J connectivity index is 2.19. The van der Waals surface area contributed by atoms with Gasteiger partial charge in [0.1, 0.15) is 6.33 Å². The van der Waals surface area contributed by atoms with Gasteiger partial charge in [-0.3, -0.25) is 15.0 Å². The summed E-state index contributed by atoms with van der Waals surface area (Å²) in [6, 6.07) is 0. The Kier molecular flexibility index (Phi) is 4.67. The van der Waals surface area contributed by atoms with Gasteiger partial charge in [0.15, 0.2) is 0 Å². The number of aromatic nitrogens is 2. The largest absolute Gasteiger partial charge is 0.367 e. The highest BCUT2D eigenvalue weighted by Gasteiger charge is 2.28. The number of nitrogens with zero attached hydrogens (tertiary/aromatic N) is 5. The molecule has 1 aromatic heterocycles. The van der Waals surface area contributed by atoms with Gasteiger partial charge < -0.3 is 10.2 Å². The number of nitrogens with one attached hydrogen (secondary N) is 1. The quantitative estimate of drug-likeness (QED) is 0.634. The van der Waals surface area contributed by atoms with Crippen molar-refractivity contribution in [2.24, 2.45) is 0 Å². The molecule has 8 heteroatoms. The molecule has 1 N–H and O–H groups in total. The zero-order chi connectivity index (χ0) is 14.5. The number of anilines is 2. The van der Waals surface area contributed by atoms with E-state index in [9.17, 15) is 10.1 Å². The number of hydrogen-bond acceptors (Lipinski definition) is 7. The fourth-order valence-electron chi connectivity index (χ4n) is 2.45. The minimum Gasteiger partial charge on any atom is -0.367 e. The predicted octanol–water partition coefficient (Wildman–Crippen LogP) is 0.959. The molecule has 20 heavy (non-hydrogen) atoms. The van der Waals surface area contributed by atoms with Gasteiger partial charge in [-0.05, 0) is 13.0 Å². The van der Waals surface area contributed by atoms with E-state index in [0.717, 1.165) is 39.1 Å². The van der Waals surface area contributed by atoms with Crippen LogP contribution in [0, 0.1) is 10.1 Å². The van der Waals surface area contributed by atoms with E-state index in [1.165, 1.54) is 6.33 Å². The molecule has 2 heterocycles. The smallest absolute Gasteiger partial charge is 0.353 e. The summed E-state index contributed by atoms with van der Waals surface area (Å²) >= 11 is 0. The summed E-state index contributed by atoms with van der Waals surface area (Å²) in [6.07, 6.45) is 2.49. The molecule has 0 aliphatic carbocycles. The first-order chi connectivity index (χ1) is 9.67. The van der Waals surface area contributed by atoms with Gasteiger partial charge in [0.2, 0.25) is 11.6 Å². The van der Waals surface area contributed by atoms with Crippen molar-refractivity contribution in [3.05, 3.63) is 16.4 Å². The maximum Gasteiger partial charge on any atom is 0.353 e. The van der Waals surface area contributed by atoms with Gasteiger partial charge in [0, 0.05) is 33.2 Å². The predicted molar refractivity (Wildman–Crippen MR) is 77.2 cm³/mol. The number of nitro groups is 1. The lowest BCUT2D eigenvalue weighted by molar-refractivity contribution is -0.383. The van der Waals surface area contributed by atoms with Crippen LogP contribution in [0.1, 0.15) is 13.3 Å². The molecule has 0 radical (unpaired) electrons. The average molecular weight is 280 g/mol. The van der Waals surface area contributed by atoms with Crippen LogP contribution in [0.3, 0.4) is 0 Å². The molecule has 0 unspecified atom stereocenters. The minimum atomic E-state index is -0.417. The Morgan fingerprint density at radius 3 is 2.60 bits per heavy atom. The van der Waals surface area contributed by atoms with E-state index < -0.39 is 4.92 Å². The van der Waals surface area contributed by atoms with Gasteiger partial charge in [0.25, 0.3) is 0 Å². The van der Waals surface area contributed by atoms with Gasteiger partial charge in [0.05, 0.1) is 4.92 Å². The summed E-state index contributed by atoms with van der Waals surface area (Å²) < 4.78 is 0. The van der Waals surface area contributed by atoms with Crippen LogP contribution in [0.5, 0.6) is 0 Å². The van der Waals surface area contributed by atoms with Crippen molar-refractivity contribution in [3.8, 4) is 0 Å². The molecule has 0 amide bonds. The molecule has 0 bridgehead atoms. The van der Waals surface area contributed by atoms with Crippen molar-refractivity contribution in [2.45, 2.75) is 13.3 Å². The van der Waals surface area contributed by atoms with Crippen molar-refractivity contribution in [1.29, 1.82) is 0 Å². The van der Waals surface area contributed by atoms with E-state index in [4.69, 9.17) is 0 Å². The van der Waals surface area contributed by atoms with Crippen LogP contribution < -0.4 is 10.2 Å². The van der Waals surface area contributed by atoms with Crippen molar-refractivity contribution in [3.63, 3.8) is 0 Å². The van der Waals surface area contributed by atoms with E-state index in [1.807, 2.05) is 4.90 Å². The zero-order valence-electron chi connectivity index (χ0n) is 11.9. The maximum atomic E-state index is 11.3. The highest BCUT2D eigenvalue weighted by atomic mass is 16.6. The fraction of sp³-hybridized carbons (Fsp3) is 0.667. The molecule has 8 nitrogen and oxygen atoms in total. The van der Waals surface area contributed by atoms with Gasteiger partial charge in [-0.25, -0.2) is 9.97 Å². The van der Waals surface area contributed by atoms with Crippen LogP contribution in [0.2, 0.25) is 0 Å². The highest BCUT2D eigenvalue weighted by molar-refractivity contribution is 5.70. The van der Waals surface area contributed by atoms with E-state index in [2.05, 4.69) is 27.1 Å². The highest BCUT2D eigenvalue weighted by Crippen LogP contribution is 2.31. The Morgan fingerprint density at radius 2 is 2.05 bits per heavy atom. The summed E-state index contributed by atoms with van der Waals surface area (Å²) in [5, 5.41) is 14.0. The minimum absolute atomic E-state index is 0.0426. The van der Waals surface area contributed by atoms with Crippen LogP contribution in [0.4, 0.5) is 17.3 Å². The first kappa shape index (κ1) is 14.4. The molecule has 0 aromatic carbocycles. The monoisotopic (exact) mass is 280 g/mol. The second-order valence-corrected chi connectivity index (χ2v) is 4.73. The van der Waals surface area contributed by atoms with Crippen molar-refractivity contribution in [2.75, 3.05) is 50.0 Å². The van der Waals surface area contributed by atoms with E-state index in [1.54, 1.807) is 7.05 Å². The lowest BCUT2D eigenvalue weighted by atomic mass is 10.2. The first-order valence-electron chi connectivity index (χ1n) is 6.81. The van der Waals surface area contributed by atoms with Crippen LogP contribution in [0.15, 0.2) is 6.33 Å². The molecular formula is C12H20N6O2. The number of hydrogen-bond donors (Lipinski definition) is 1. The summed E-state index contributed by atoms with van der Waals surface area (Å²) in [6.45, 7) is 6.54. The van der Waals surface area contributed by atoms with Gasteiger partial charge >= 0.3 is 5.69 Å². The molecule has 2 rings (SSSR count). The molecule has 1 fully saturated rings. The topological polar surface area (TPSA) is 87.4 Å². The number of rotatable bonds is 5. The molecule has 0 spiro atoms. The summed E-state index contributed by atoms with van der Waals surface area (Å²) in [5.41, 5.74) is -0.0426. The summed E-state index contributed by atoms with van der Waals surface area (Å²) in [4.78, 5) is 23.2. The van der Waals surface area contributed by atoms with Crippen LogP contribution in [-0.4, -0.2) is 59.6 Å².